The molecule has 0 aliphatic carbocycles. The Hall–Kier alpha value is -2.70. The smallest absolute Gasteiger partial charge is 0.319 e. The molecule has 7 heteroatoms. The molecular weight excluding hydrogens is 296 g/mol. The van der Waals surface area contributed by atoms with Crippen LogP contribution in [-0.2, 0) is 0 Å². The Morgan fingerprint density at radius 2 is 2.00 bits per heavy atom. The average Bonchev–Trinajstić information content (AvgIpc) is 2.85. The maximum atomic E-state index is 12.2. The highest BCUT2D eigenvalue weighted by Crippen LogP contribution is 2.29. The predicted octanol–water partition coefficient (Wildman–Crippen LogP) is 2.93. The van der Waals surface area contributed by atoms with Gasteiger partial charge in [0.05, 0.1) is 37.3 Å². The number of anilines is 1. The van der Waals surface area contributed by atoms with Gasteiger partial charge in [-0.1, -0.05) is 0 Å². The number of carbonyl (C=O) groups is 1. The molecule has 0 saturated heterocycles. The molecule has 2 rings (SSSR count). The van der Waals surface area contributed by atoms with Crippen LogP contribution in [0.5, 0.6) is 11.5 Å². The third-order valence-corrected chi connectivity index (χ3v) is 3.62. The number of amides is 2. The van der Waals surface area contributed by atoms with E-state index in [0.717, 1.165) is 17.0 Å². The van der Waals surface area contributed by atoms with Crippen molar-refractivity contribution in [3.8, 4) is 11.5 Å². The fourth-order valence-corrected chi connectivity index (χ4v) is 2.34. The van der Waals surface area contributed by atoms with E-state index in [0.29, 0.717) is 17.2 Å². The predicted molar refractivity (Wildman–Crippen MR) is 88.2 cm³/mol. The highest BCUT2D eigenvalue weighted by molar-refractivity contribution is 5.90. The molecule has 2 aromatic rings. The number of urea groups is 1. The summed E-state index contributed by atoms with van der Waals surface area (Å²) in [6, 6.07) is 4.91. The molecule has 1 aromatic carbocycles. The van der Waals surface area contributed by atoms with E-state index in [1.807, 2.05) is 39.0 Å². The maximum absolute atomic E-state index is 12.2. The maximum Gasteiger partial charge on any atom is 0.319 e. The second kappa shape index (κ2) is 7.04. The standard InChI is InChI=1S/C16H22N4O3/c1-9(13-8-12(22-4)6-7-14(13)23-5)17-16(21)18-15-10(2)19-20-11(15)3/h6-9H,1-5H3,(H,19,20)(H2,17,18,21). The Balaban J connectivity index is 2.12. The molecule has 1 heterocycles. The van der Waals surface area contributed by atoms with Crippen molar-refractivity contribution in [3.63, 3.8) is 0 Å². The number of nitrogens with one attached hydrogen (secondary N) is 3. The Bertz CT molecular complexity index is 677. The molecule has 0 fully saturated rings. The van der Waals surface area contributed by atoms with E-state index in [1.54, 1.807) is 14.2 Å². The number of aromatic amines is 1. The Morgan fingerprint density at radius 3 is 2.57 bits per heavy atom. The summed E-state index contributed by atoms with van der Waals surface area (Å²) < 4.78 is 10.6. The zero-order valence-electron chi connectivity index (χ0n) is 14.0. The molecule has 0 radical (unpaired) electrons. The van der Waals surface area contributed by atoms with Gasteiger partial charge in [0.15, 0.2) is 0 Å². The molecule has 1 aromatic heterocycles. The van der Waals surface area contributed by atoms with E-state index in [1.165, 1.54) is 0 Å². The summed E-state index contributed by atoms with van der Waals surface area (Å²) in [4.78, 5) is 12.2. The Kier molecular flexibility index (Phi) is 5.10. The largest absolute Gasteiger partial charge is 0.497 e. The van der Waals surface area contributed by atoms with Crippen LogP contribution in [0.3, 0.4) is 0 Å². The van der Waals surface area contributed by atoms with E-state index < -0.39 is 0 Å². The molecule has 0 bridgehead atoms. The van der Waals surface area contributed by atoms with Gasteiger partial charge in [0, 0.05) is 5.56 Å². The minimum atomic E-state index is -0.310. The van der Waals surface area contributed by atoms with Crippen molar-refractivity contribution < 1.29 is 14.3 Å². The number of benzene rings is 1. The molecule has 0 spiro atoms. The van der Waals surface area contributed by atoms with Crippen LogP contribution in [-0.4, -0.2) is 30.4 Å². The highest BCUT2D eigenvalue weighted by atomic mass is 16.5. The van der Waals surface area contributed by atoms with Gasteiger partial charge in [-0.15, -0.1) is 0 Å². The SMILES string of the molecule is COc1ccc(OC)c(C(C)NC(=O)Nc2c(C)n[nH]c2C)c1. The van der Waals surface area contributed by atoms with Crippen molar-refractivity contribution in [2.24, 2.45) is 0 Å². The van der Waals surface area contributed by atoms with Crippen LogP contribution >= 0.6 is 0 Å². The molecule has 0 aliphatic rings. The first-order valence-corrected chi connectivity index (χ1v) is 7.27. The topological polar surface area (TPSA) is 88.3 Å². The van der Waals surface area contributed by atoms with Crippen LogP contribution in [0.2, 0.25) is 0 Å². The molecule has 124 valence electrons. The summed E-state index contributed by atoms with van der Waals surface area (Å²) in [7, 11) is 3.19. The molecule has 23 heavy (non-hydrogen) atoms. The van der Waals surface area contributed by atoms with Crippen molar-refractivity contribution in [2.45, 2.75) is 26.8 Å². The van der Waals surface area contributed by atoms with Crippen molar-refractivity contribution in [1.82, 2.24) is 15.5 Å². The van der Waals surface area contributed by atoms with Crippen molar-refractivity contribution >= 4 is 11.7 Å². The van der Waals surface area contributed by atoms with Gasteiger partial charge in [0.2, 0.25) is 0 Å². The van der Waals surface area contributed by atoms with Gasteiger partial charge in [-0.3, -0.25) is 5.10 Å². The normalized spacial score (nSPS) is 11.7. The van der Waals surface area contributed by atoms with Gasteiger partial charge < -0.3 is 20.1 Å². The Labute approximate surface area is 135 Å². The monoisotopic (exact) mass is 318 g/mol. The molecular formula is C16H22N4O3. The van der Waals surface area contributed by atoms with Gasteiger partial charge in [-0.25, -0.2) is 4.79 Å². The first-order chi connectivity index (χ1) is 11.0. The van der Waals surface area contributed by atoms with Crippen LogP contribution in [0.4, 0.5) is 10.5 Å². The van der Waals surface area contributed by atoms with Crippen LogP contribution in [0, 0.1) is 13.8 Å². The van der Waals surface area contributed by atoms with Crippen LogP contribution in [0.15, 0.2) is 18.2 Å². The quantitative estimate of drug-likeness (QED) is 0.791. The zero-order valence-corrected chi connectivity index (χ0v) is 14.0. The summed E-state index contributed by atoms with van der Waals surface area (Å²) in [5.41, 5.74) is 3.07. The van der Waals surface area contributed by atoms with Gasteiger partial charge >= 0.3 is 6.03 Å². The van der Waals surface area contributed by atoms with Gasteiger partial charge in [-0.05, 0) is 39.0 Å². The van der Waals surface area contributed by atoms with E-state index in [-0.39, 0.29) is 12.1 Å². The first kappa shape index (κ1) is 16.7. The number of methoxy groups -OCH3 is 2. The summed E-state index contributed by atoms with van der Waals surface area (Å²) in [5, 5.41) is 12.6. The number of aromatic nitrogens is 2. The number of hydrogen-bond donors (Lipinski definition) is 3. The lowest BCUT2D eigenvalue weighted by atomic mass is 10.1. The molecule has 1 unspecified atom stereocenters. The summed E-state index contributed by atoms with van der Waals surface area (Å²) >= 11 is 0. The van der Waals surface area contributed by atoms with Crippen LogP contribution in [0.25, 0.3) is 0 Å². The van der Waals surface area contributed by atoms with Crippen molar-refractivity contribution in [1.29, 1.82) is 0 Å². The summed E-state index contributed by atoms with van der Waals surface area (Å²) in [5.74, 6) is 1.39. The fraction of sp³-hybridized carbons (Fsp3) is 0.375. The number of nitrogens with zero attached hydrogens (tertiary/aromatic N) is 1. The summed E-state index contributed by atoms with van der Waals surface area (Å²) in [6.07, 6.45) is 0. The van der Waals surface area contributed by atoms with Gasteiger partial charge in [0.25, 0.3) is 0 Å². The number of ether oxygens (including phenoxy) is 2. The second-order valence-corrected chi connectivity index (χ2v) is 5.24. The van der Waals surface area contributed by atoms with E-state index in [9.17, 15) is 4.79 Å². The first-order valence-electron chi connectivity index (χ1n) is 7.27. The van der Waals surface area contributed by atoms with Gasteiger partial charge in [0.1, 0.15) is 11.5 Å². The summed E-state index contributed by atoms with van der Waals surface area (Å²) in [6.45, 7) is 5.56. The lowest BCUT2D eigenvalue weighted by Gasteiger charge is -2.18. The number of carbonyl (C=O) groups excluding carboxylic acids is 1. The lowest BCUT2D eigenvalue weighted by molar-refractivity contribution is 0.249. The number of H-pyrrole nitrogens is 1. The Morgan fingerprint density at radius 1 is 1.26 bits per heavy atom. The fourth-order valence-electron chi connectivity index (χ4n) is 2.34. The third-order valence-electron chi connectivity index (χ3n) is 3.62. The highest BCUT2D eigenvalue weighted by Gasteiger charge is 2.17. The second-order valence-electron chi connectivity index (χ2n) is 5.24. The number of rotatable bonds is 5. The van der Waals surface area contributed by atoms with Gasteiger partial charge in [-0.2, -0.15) is 5.10 Å². The minimum absolute atomic E-state index is 0.257. The minimum Gasteiger partial charge on any atom is -0.497 e. The van der Waals surface area contributed by atoms with Crippen LogP contribution in [0.1, 0.15) is 29.9 Å². The van der Waals surface area contributed by atoms with E-state index in [2.05, 4.69) is 20.8 Å². The molecule has 3 N–H and O–H groups in total. The molecule has 1 atom stereocenters. The molecule has 0 saturated carbocycles. The lowest BCUT2D eigenvalue weighted by Crippen LogP contribution is -2.31. The molecule has 0 aliphatic heterocycles. The molecule has 2 amide bonds. The zero-order chi connectivity index (χ0) is 17.0. The number of aryl methyl sites for hydroxylation is 2. The average molecular weight is 318 g/mol. The van der Waals surface area contributed by atoms with E-state index >= 15 is 0 Å². The van der Waals surface area contributed by atoms with Crippen LogP contribution < -0.4 is 20.1 Å². The van der Waals surface area contributed by atoms with E-state index in [4.69, 9.17) is 9.47 Å². The number of hydrogen-bond acceptors (Lipinski definition) is 4. The van der Waals surface area contributed by atoms with Crippen molar-refractivity contribution in [3.05, 3.63) is 35.2 Å². The van der Waals surface area contributed by atoms with Crippen molar-refractivity contribution in [2.75, 3.05) is 19.5 Å². The molecule has 7 nitrogen and oxygen atoms in total. The third kappa shape index (κ3) is 3.74.